The second-order valence-electron chi connectivity index (χ2n) is 9.49. The van der Waals surface area contributed by atoms with E-state index in [1.165, 1.54) is 25.4 Å². The van der Waals surface area contributed by atoms with Gasteiger partial charge < -0.3 is 19.9 Å². The average Bonchev–Trinajstić information content (AvgIpc) is 3.36. The third-order valence-corrected chi connectivity index (χ3v) is 8.06. The van der Waals surface area contributed by atoms with Crippen molar-refractivity contribution in [2.45, 2.75) is 12.5 Å². The first kappa shape index (κ1) is 29.6. The molecule has 3 heterocycles. The lowest BCUT2D eigenvalue weighted by molar-refractivity contribution is 0.315. The number of benzene rings is 1. The van der Waals surface area contributed by atoms with Gasteiger partial charge in [-0.15, -0.1) is 0 Å². The Kier molecular flexibility index (Phi) is 8.58. The first-order valence-electron chi connectivity index (χ1n) is 12.1. The van der Waals surface area contributed by atoms with Gasteiger partial charge in [0.05, 0.1) is 37.2 Å². The highest BCUT2D eigenvalue weighted by atomic mass is 35.5. The van der Waals surface area contributed by atoms with Crippen molar-refractivity contribution in [3.05, 3.63) is 47.6 Å². The summed E-state index contributed by atoms with van der Waals surface area (Å²) in [5.41, 5.74) is 0.486. The van der Waals surface area contributed by atoms with Gasteiger partial charge in [0.25, 0.3) is 0 Å². The lowest BCUT2D eigenvalue weighted by atomic mass is 10.2. The maximum atomic E-state index is 13.0. The van der Waals surface area contributed by atoms with E-state index in [2.05, 4.69) is 48.9 Å². The number of nitrogens with zero attached hydrogens (tertiary/aromatic N) is 6. The molecule has 1 aromatic carbocycles. The van der Waals surface area contributed by atoms with Crippen LogP contribution in [0.1, 0.15) is 6.42 Å². The molecule has 1 unspecified atom stereocenters. The van der Waals surface area contributed by atoms with Crippen molar-refractivity contribution in [1.29, 1.82) is 0 Å². The van der Waals surface area contributed by atoms with E-state index in [4.69, 9.17) is 16.3 Å². The fourth-order valence-corrected chi connectivity index (χ4v) is 6.06. The van der Waals surface area contributed by atoms with Gasteiger partial charge in [-0.2, -0.15) is 9.97 Å². The Bertz CT molecular complexity index is 1600. The zero-order valence-electron chi connectivity index (χ0n) is 22.7. The molecular formula is C24H31ClN8O5S2. The number of aromatic nitrogens is 3. The molecule has 16 heteroatoms. The van der Waals surface area contributed by atoms with Crippen LogP contribution in [-0.4, -0.2) is 89.5 Å². The van der Waals surface area contributed by atoms with Gasteiger partial charge in [-0.3, -0.25) is 4.72 Å². The van der Waals surface area contributed by atoms with E-state index in [1.807, 2.05) is 6.07 Å². The topological polar surface area (TPSA) is 150 Å². The Hall–Kier alpha value is -3.40. The lowest BCUT2D eigenvalue weighted by Gasteiger charge is -2.25. The minimum atomic E-state index is -4.05. The standard InChI is InChI=1S/C24H31ClN8O5S2/c1-31(2)16-12-13-32(15-16)21-11-10-19(23(28-21)38-3)27-24-26-14-17(25)22(29-24)33(40(5,36)37)20-9-7-6-8-18(20)30-39(4,34)35/h6-11,14,16,30H,12-13,15H2,1-5H3,(H,26,27,29). The maximum Gasteiger partial charge on any atom is 0.239 e. The van der Waals surface area contributed by atoms with Gasteiger partial charge in [0.15, 0.2) is 5.82 Å². The molecule has 0 saturated carbocycles. The minimum Gasteiger partial charge on any atom is -0.479 e. The second kappa shape index (κ2) is 11.6. The molecule has 1 aliphatic rings. The van der Waals surface area contributed by atoms with Crippen LogP contribution in [0.5, 0.6) is 5.88 Å². The van der Waals surface area contributed by atoms with E-state index in [0.717, 1.165) is 42.1 Å². The summed E-state index contributed by atoms with van der Waals surface area (Å²) in [4.78, 5) is 17.6. The molecule has 0 aliphatic carbocycles. The molecule has 216 valence electrons. The van der Waals surface area contributed by atoms with Crippen molar-refractivity contribution in [1.82, 2.24) is 19.9 Å². The third kappa shape index (κ3) is 6.83. The number of halogens is 1. The normalized spacial score (nSPS) is 15.8. The maximum absolute atomic E-state index is 13.0. The molecule has 0 spiro atoms. The summed E-state index contributed by atoms with van der Waals surface area (Å²) in [6.07, 6.45) is 4.20. The van der Waals surface area contributed by atoms with E-state index in [0.29, 0.717) is 17.6 Å². The molecular weight excluding hydrogens is 580 g/mol. The predicted octanol–water partition coefficient (Wildman–Crippen LogP) is 2.89. The average molecular weight is 611 g/mol. The van der Waals surface area contributed by atoms with Crippen molar-refractivity contribution in [2.24, 2.45) is 0 Å². The zero-order valence-corrected chi connectivity index (χ0v) is 25.0. The molecule has 1 atom stereocenters. The molecule has 4 rings (SSSR count). The predicted molar refractivity (Wildman–Crippen MR) is 157 cm³/mol. The van der Waals surface area contributed by atoms with Crippen LogP contribution in [0, 0.1) is 0 Å². The monoisotopic (exact) mass is 610 g/mol. The van der Waals surface area contributed by atoms with Crippen molar-refractivity contribution in [3.8, 4) is 5.88 Å². The number of hydrogen-bond donors (Lipinski definition) is 2. The molecule has 13 nitrogen and oxygen atoms in total. The number of para-hydroxylation sites is 2. The summed E-state index contributed by atoms with van der Waals surface area (Å²) in [5, 5.41) is 2.94. The lowest BCUT2D eigenvalue weighted by Crippen LogP contribution is -2.31. The number of methoxy groups -OCH3 is 1. The number of likely N-dealkylation sites (N-methyl/N-ethyl adjacent to an activating group) is 1. The van der Waals surface area contributed by atoms with Gasteiger partial charge in [0, 0.05) is 19.1 Å². The number of rotatable bonds is 10. The molecule has 1 fully saturated rings. The van der Waals surface area contributed by atoms with Gasteiger partial charge in [-0.05, 0) is 44.8 Å². The van der Waals surface area contributed by atoms with Crippen LogP contribution in [0.3, 0.4) is 0 Å². The van der Waals surface area contributed by atoms with Crippen molar-refractivity contribution >= 4 is 66.3 Å². The summed E-state index contributed by atoms with van der Waals surface area (Å²) in [6.45, 7) is 1.71. The fraction of sp³-hybridized carbons (Fsp3) is 0.375. The van der Waals surface area contributed by atoms with Crippen LogP contribution in [0.4, 0.5) is 34.6 Å². The summed E-state index contributed by atoms with van der Waals surface area (Å²) in [6, 6.07) is 10.1. The number of ether oxygens (including phenoxy) is 1. The molecule has 1 aliphatic heterocycles. The minimum absolute atomic E-state index is 0.00668. The number of pyridine rings is 1. The van der Waals surface area contributed by atoms with Crippen molar-refractivity contribution < 1.29 is 21.6 Å². The highest BCUT2D eigenvalue weighted by molar-refractivity contribution is 7.92. The van der Waals surface area contributed by atoms with E-state index in [9.17, 15) is 16.8 Å². The van der Waals surface area contributed by atoms with Gasteiger partial charge in [-0.1, -0.05) is 23.7 Å². The van der Waals surface area contributed by atoms with Crippen LogP contribution in [0.25, 0.3) is 0 Å². The van der Waals surface area contributed by atoms with E-state index >= 15 is 0 Å². The van der Waals surface area contributed by atoms with Crippen LogP contribution in [-0.2, 0) is 20.0 Å². The number of nitrogens with one attached hydrogen (secondary N) is 2. The van der Waals surface area contributed by atoms with Gasteiger partial charge >= 0.3 is 0 Å². The molecule has 2 aromatic heterocycles. The molecule has 40 heavy (non-hydrogen) atoms. The smallest absolute Gasteiger partial charge is 0.239 e. The number of hydrogen-bond acceptors (Lipinski definition) is 11. The Balaban J connectivity index is 1.69. The quantitative estimate of drug-likeness (QED) is 0.349. The Labute approximate surface area is 239 Å². The van der Waals surface area contributed by atoms with E-state index in [1.54, 1.807) is 18.2 Å². The Morgan fingerprint density at radius 3 is 2.40 bits per heavy atom. The molecule has 0 amide bonds. The van der Waals surface area contributed by atoms with Crippen molar-refractivity contribution in [2.75, 3.05) is 66.1 Å². The summed E-state index contributed by atoms with van der Waals surface area (Å²) in [7, 11) is -2.16. The summed E-state index contributed by atoms with van der Waals surface area (Å²) >= 11 is 6.38. The molecule has 0 radical (unpaired) electrons. The molecule has 3 aromatic rings. The van der Waals surface area contributed by atoms with Gasteiger partial charge in [0.1, 0.15) is 16.5 Å². The Morgan fingerprint density at radius 2 is 1.77 bits per heavy atom. The molecule has 1 saturated heterocycles. The van der Waals surface area contributed by atoms with E-state index < -0.39 is 20.0 Å². The van der Waals surface area contributed by atoms with Crippen molar-refractivity contribution in [3.63, 3.8) is 0 Å². The van der Waals surface area contributed by atoms with Crippen LogP contribution in [0.2, 0.25) is 5.02 Å². The third-order valence-electron chi connectivity index (χ3n) is 6.17. The van der Waals surface area contributed by atoms with Crippen LogP contribution < -0.4 is 24.0 Å². The van der Waals surface area contributed by atoms with E-state index in [-0.39, 0.29) is 28.2 Å². The van der Waals surface area contributed by atoms with Gasteiger partial charge in [-0.25, -0.2) is 26.1 Å². The fourth-order valence-electron chi connectivity index (χ4n) is 4.30. The highest BCUT2D eigenvalue weighted by Gasteiger charge is 2.28. The summed E-state index contributed by atoms with van der Waals surface area (Å²) in [5.74, 6) is 0.902. The second-order valence-corrected chi connectivity index (χ2v) is 13.5. The molecule has 2 N–H and O–H groups in total. The number of anilines is 6. The first-order chi connectivity index (χ1) is 18.8. The number of sulfonamides is 2. The summed E-state index contributed by atoms with van der Waals surface area (Å²) < 4.78 is 58.5. The Morgan fingerprint density at radius 1 is 1.05 bits per heavy atom. The first-order valence-corrected chi connectivity index (χ1v) is 16.2. The van der Waals surface area contributed by atoms with Gasteiger partial charge in [0.2, 0.25) is 31.9 Å². The molecule has 0 bridgehead atoms. The van der Waals surface area contributed by atoms with Crippen LogP contribution in [0.15, 0.2) is 42.6 Å². The SMILES string of the molecule is COc1nc(N2CCC(N(C)C)C2)ccc1Nc1ncc(Cl)c(N(c2ccccc2NS(C)(=O)=O)S(C)(=O)=O)n1. The zero-order chi connectivity index (χ0) is 29.2. The largest absolute Gasteiger partial charge is 0.479 e. The highest BCUT2D eigenvalue weighted by Crippen LogP contribution is 2.38. The van der Waals surface area contributed by atoms with Crippen LogP contribution >= 0.6 is 11.6 Å².